The van der Waals surface area contributed by atoms with Crippen molar-refractivity contribution >= 4 is 23.4 Å². The molecule has 0 aromatic carbocycles. The van der Waals surface area contributed by atoms with Gasteiger partial charge in [-0.05, 0) is 35.0 Å². The number of pyridine rings is 1. The molecule has 2 aromatic heterocycles. The minimum atomic E-state index is 0.670. The minimum absolute atomic E-state index is 0.670. The summed E-state index contributed by atoms with van der Waals surface area (Å²) in [4.78, 5) is 3.97. The zero-order valence-electron chi connectivity index (χ0n) is 11.3. The zero-order valence-corrected chi connectivity index (χ0v) is 12.9. The lowest BCUT2D eigenvalue weighted by atomic mass is 10.3. The average molecular weight is 313 g/mol. The number of rotatable bonds is 8. The molecule has 0 spiro atoms. The fraction of sp³-hybridized carbons (Fsp3) is 0.500. The van der Waals surface area contributed by atoms with Crippen LogP contribution in [0.4, 0.5) is 0 Å². The maximum Gasteiger partial charge on any atom is 0.209 e. The van der Waals surface area contributed by atoms with Crippen LogP contribution in [0.3, 0.4) is 0 Å². The second-order valence-corrected chi connectivity index (χ2v) is 5.54. The molecule has 2 heterocycles. The van der Waals surface area contributed by atoms with Crippen molar-refractivity contribution in [3.8, 4) is 0 Å². The molecule has 0 amide bonds. The van der Waals surface area contributed by atoms with Crippen molar-refractivity contribution in [1.29, 1.82) is 0 Å². The molecule has 0 aliphatic heterocycles. The Bertz CT molecular complexity index is 532. The third kappa shape index (κ3) is 4.43. The first-order valence-electron chi connectivity index (χ1n) is 6.49. The summed E-state index contributed by atoms with van der Waals surface area (Å²) in [6, 6.07) is 1.91. The van der Waals surface area contributed by atoms with Crippen molar-refractivity contribution in [2.75, 3.05) is 13.1 Å². The third-order valence-corrected chi connectivity index (χ3v) is 3.99. The highest BCUT2D eigenvalue weighted by Crippen LogP contribution is 2.23. The minimum Gasteiger partial charge on any atom is -0.315 e. The number of aromatic nitrogens is 5. The summed E-state index contributed by atoms with van der Waals surface area (Å²) < 4.78 is 1.81. The van der Waals surface area contributed by atoms with Gasteiger partial charge < -0.3 is 5.32 Å². The van der Waals surface area contributed by atoms with Crippen molar-refractivity contribution < 1.29 is 0 Å². The van der Waals surface area contributed by atoms with Gasteiger partial charge in [0.15, 0.2) is 0 Å². The standard InChI is InChI=1S/C12H17ClN6S/c1-2-4-14-6-7-19-12(16-17-18-19)20-9-10-3-5-15-8-11(10)13/h3,5,8,14H,2,4,6-7,9H2,1H3. The molecule has 0 fully saturated rings. The first-order valence-corrected chi connectivity index (χ1v) is 7.85. The van der Waals surface area contributed by atoms with Crippen LogP contribution in [0.5, 0.6) is 0 Å². The van der Waals surface area contributed by atoms with E-state index in [0.29, 0.717) is 5.02 Å². The number of hydrogen-bond acceptors (Lipinski definition) is 6. The Labute approximate surface area is 127 Å². The molecule has 0 saturated heterocycles. The fourth-order valence-electron chi connectivity index (χ4n) is 1.59. The van der Waals surface area contributed by atoms with Crippen molar-refractivity contribution in [2.45, 2.75) is 30.8 Å². The van der Waals surface area contributed by atoms with Crippen LogP contribution in [0, 0.1) is 0 Å². The van der Waals surface area contributed by atoms with E-state index < -0.39 is 0 Å². The van der Waals surface area contributed by atoms with Crippen LogP contribution < -0.4 is 5.32 Å². The Kier molecular flexibility index (Phi) is 6.23. The predicted octanol–water partition coefficient (Wildman–Crippen LogP) is 2.01. The molecule has 0 atom stereocenters. The second kappa shape index (κ2) is 8.18. The Morgan fingerprint density at radius 1 is 1.40 bits per heavy atom. The summed E-state index contributed by atoms with van der Waals surface area (Å²) in [5, 5.41) is 16.6. The van der Waals surface area contributed by atoms with E-state index in [9.17, 15) is 0 Å². The molecule has 1 N–H and O–H groups in total. The number of nitrogens with zero attached hydrogens (tertiary/aromatic N) is 5. The van der Waals surface area contributed by atoms with Crippen LogP contribution in [0.15, 0.2) is 23.6 Å². The van der Waals surface area contributed by atoms with Gasteiger partial charge in [0.25, 0.3) is 0 Å². The lowest BCUT2D eigenvalue weighted by Gasteiger charge is -2.06. The van der Waals surface area contributed by atoms with Gasteiger partial charge in [-0.2, -0.15) is 0 Å². The van der Waals surface area contributed by atoms with E-state index in [1.165, 1.54) is 0 Å². The molecule has 8 heteroatoms. The van der Waals surface area contributed by atoms with Gasteiger partial charge in [-0.3, -0.25) is 4.98 Å². The van der Waals surface area contributed by atoms with E-state index in [2.05, 4.69) is 32.7 Å². The molecule has 6 nitrogen and oxygen atoms in total. The Morgan fingerprint density at radius 3 is 3.10 bits per heavy atom. The molecule has 0 bridgehead atoms. The van der Waals surface area contributed by atoms with E-state index in [0.717, 1.165) is 42.5 Å². The summed E-state index contributed by atoms with van der Waals surface area (Å²) >= 11 is 7.65. The first-order chi connectivity index (χ1) is 9.81. The molecular weight excluding hydrogens is 296 g/mol. The SMILES string of the molecule is CCCNCCn1nnnc1SCc1ccncc1Cl. The Balaban J connectivity index is 1.87. The molecular formula is C12H17ClN6S. The topological polar surface area (TPSA) is 68.5 Å². The molecule has 0 radical (unpaired) electrons. The summed E-state index contributed by atoms with van der Waals surface area (Å²) in [5.41, 5.74) is 1.03. The summed E-state index contributed by atoms with van der Waals surface area (Å²) in [7, 11) is 0. The monoisotopic (exact) mass is 312 g/mol. The molecule has 20 heavy (non-hydrogen) atoms. The average Bonchev–Trinajstić information content (AvgIpc) is 2.90. The lowest BCUT2D eigenvalue weighted by Crippen LogP contribution is -2.21. The third-order valence-electron chi connectivity index (χ3n) is 2.64. The molecule has 0 aliphatic carbocycles. The predicted molar refractivity (Wildman–Crippen MR) is 79.8 cm³/mol. The van der Waals surface area contributed by atoms with Crippen molar-refractivity contribution in [3.63, 3.8) is 0 Å². The molecule has 108 valence electrons. The molecule has 2 rings (SSSR count). The maximum atomic E-state index is 6.08. The van der Waals surface area contributed by atoms with Gasteiger partial charge in [0.05, 0.1) is 11.6 Å². The normalized spacial score (nSPS) is 10.9. The van der Waals surface area contributed by atoms with Gasteiger partial charge in [0.2, 0.25) is 5.16 Å². The Morgan fingerprint density at radius 2 is 2.30 bits per heavy atom. The number of nitrogens with one attached hydrogen (secondary N) is 1. The van der Waals surface area contributed by atoms with Crippen LogP contribution >= 0.6 is 23.4 Å². The van der Waals surface area contributed by atoms with Crippen LogP contribution in [0.1, 0.15) is 18.9 Å². The van der Waals surface area contributed by atoms with E-state index in [1.54, 1.807) is 24.2 Å². The molecule has 2 aromatic rings. The van der Waals surface area contributed by atoms with Crippen molar-refractivity contribution in [1.82, 2.24) is 30.5 Å². The van der Waals surface area contributed by atoms with Gasteiger partial charge in [-0.25, -0.2) is 4.68 Å². The van der Waals surface area contributed by atoms with Gasteiger partial charge >= 0.3 is 0 Å². The van der Waals surface area contributed by atoms with Crippen molar-refractivity contribution in [2.24, 2.45) is 0 Å². The van der Waals surface area contributed by atoms with Crippen LogP contribution in [-0.2, 0) is 12.3 Å². The van der Waals surface area contributed by atoms with E-state index in [4.69, 9.17) is 11.6 Å². The van der Waals surface area contributed by atoms with E-state index >= 15 is 0 Å². The highest BCUT2D eigenvalue weighted by atomic mass is 35.5. The van der Waals surface area contributed by atoms with Gasteiger partial charge in [0, 0.05) is 24.7 Å². The van der Waals surface area contributed by atoms with Gasteiger partial charge in [-0.1, -0.05) is 30.3 Å². The van der Waals surface area contributed by atoms with Gasteiger partial charge in [-0.15, -0.1) is 5.10 Å². The largest absolute Gasteiger partial charge is 0.315 e. The van der Waals surface area contributed by atoms with Crippen LogP contribution in [0.25, 0.3) is 0 Å². The molecule has 0 unspecified atom stereocenters. The summed E-state index contributed by atoms with van der Waals surface area (Å²) in [5.74, 6) is 0.726. The fourth-order valence-corrected chi connectivity index (χ4v) is 2.76. The number of tetrazole rings is 1. The van der Waals surface area contributed by atoms with Gasteiger partial charge in [0.1, 0.15) is 0 Å². The van der Waals surface area contributed by atoms with E-state index in [1.807, 2.05) is 10.7 Å². The Hall–Kier alpha value is -1.18. The lowest BCUT2D eigenvalue weighted by molar-refractivity contribution is 0.510. The van der Waals surface area contributed by atoms with E-state index in [-0.39, 0.29) is 0 Å². The maximum absolute atomic E-state index is 6.08. The summed E-state index contributed by atoms with van der Waals surface area (Å²) in [6.45, 7) is 4.78. The molecule has 0 aliphatic rings. The highest BCUT2D eigenvalue weighted by Gasteiger charge is 2.08. The molecule has 0 saturated carbocycles. The quantitative estimate of drug-likeness (QED) is 0.594. The highest BCUT2D eigenvalue weighted by molar-refractivity contribution is 7.98. The second-order valence-electron chi connectivity index (χ2n) is 4.19. The van der Waals surface area contributed by atoms with Crippen LogP contribution in [0.2, 0.25) is 5.02 Å². The zero-order chi connectivity index (χ0) is 14.2. The number of halogens is 1. The van der Waals surface area contributed by atoms with Crippen molar-refractivity contribution in [3.05, 3.63) is 29.0 Å². The number of thioether (sulfide) groups is 1. The number of hydrogen-bond donors (Lipinski definition) is 1. The first kappa shape index (κ1) is 15.2. The smallest absolute Gasteiger partial charge is 0.209 e. The van der Waals surface area contributed by atoms with Crippen LogP contribution in [-0.4, -0.2) is 38.3 Å². The summed E-state index contributed by atoms with van der Waals surface area (Å²) in [6.07, 6.45) is 4.51.